The first-order valence-corrected chi connectivity index (χ1v) is 10.1. The highest BCUT2D eigenvalue weighted by Gasteiger charge is 2.20. The smallest absolute Gasteiger partial charge is 0.412 e. The number of nitrogens with one attached hydrogen (secondary N) is 2. The van der Waals surface area contributed by atoms with Crippen LogP contribution in [0.1, 0.15) is 48.1 Å². The highest BCUT2D eigenvalue weighted by molar-refractivity contribution is 6.04. The van der Waals surface area contributed by atoms with E-state index in [1.807, 2.05) is 32.0 Å². The van der Waals surface area contributed by atoms with Crippen LogP contribution in [0.15, 0.2) is 36.4 Å². The number of benzene rings is 2. The fraction of sp³-hybridized carbons (Fsp3) is 0.304. The van der Waals surface area contributed by atoms with Gasteiger partial charge in [0.1, 0.15) is 11.4 Å². The Balaban J connectivity index is 1.79. The average molecular weight is 439 g/mol. The van der Waals surface area contributed by atoms with Gasteiger partial charge in [-0.1, -0.05) is 17.7 Å². The van der Waals surface area contributed by atoms with Gasteiger partial charge in [0, 0.05) is 5.69 Å². The third kappa shape index (κ3) is 5.48. The summed E-state index contributed by atoms with van der Waals surface area (Å²) in [6.07, 6.45) is -0.799. The van der Waals surface area contributed by atoms with Crippen molar-refractivity contribution >= 4 is 23.4 Å². The molecule has 0 unspecified atom stereocenters. The van der Waals surface area contributed by atoms with Crippen LogP contribution in [0.5, 0.6) is 0 Å². The van der Waals surface area contributed by atoms with Gasteiger partial charge in [0.05, 0.1) is 17.1 Å². The molecule has 1 heterocycles. The second kappa shape index (κ2) is 8.78. The minimum Gasteiger partial charge on any atom is -0.444 e. The first kappa shape index (κ1) is 22.9. The first-order chi connectivity index (χ1) is 14.9. The first-order valence-electron chi connectivity index (χ1n) is 10.1. The summed E-state index contributed by atoms with van der Waals surface area (Å²) < 4.78 is 19.3. The van der Waals surface area contributed by atoms with Crippen molar-refractivity contribution in [3.8, 4) is 5.69 Å². The molecule has 9 heteroatoms. The number of carbonyl (C=O) groups is 2. The summed E-state index contributed by atoms with van der Waals surface area (Å²) in [5.41, 5.74) is 2.86. The molecule has 0 bridgehead atoms. The number of anilines is 2. The number of hydrogen-bond donors (Lipinski definition) is 2. The minimum atomic E-state index is -0.799. The molecule has 0 radical (unpaired) electrons. The largest absolute Gasteiger partial charge is 0.444 e. The van der Waals surface area contributed by atoms with Gasteiger partial charge in [0.25, 0.3) is 5.91 Å². The number of ether oxygens (including phenoxy) is 1. The Morgan fingerprint density at radius 2 is 1.72 bits per heavy atom. The van der Waals surface area contributed by atoms with Crippen LogP contribution in [0.2, 0.25) is 0 Å². The lowest BCUT2D eigenvalue weighted by molar-refractivity contribution is 0.0635. The minimum absolute atomic E-state index is 0.118. The molecule has 2 aromatic carbocycles. The zero-order chi connectivity index (χ0) is 23.6. The predicted octanol–water partition coefficient (Wildman–Crippen LogP) is 4.93. The lowest BCUT2D eigenvalue weighted by Crippen LogP contribution is -2.27. The molecule has 0 aliphatic carbocycles. The van der Waals surface area contributed by atoms with Crippen LogP contribution in [0.3, 0.4) is 0 Å². The standard InChI is InChI=1S/C23H26FN5O3/c1-13-7-10-19(14(2)11-13)29-27-15(3)20(28-29)21(30)25-16-8-9-17(24)18(12-16)26-22(31)32-23(4,5)6/h7-12H,1-6H3,(H,25,30)(H,26,31). The van der Waals surface area contributed by atoms with Gasteiger partial charge in [-0.05, 0) is 71.4 Å². The molecular formula is C23H26FN5O3. The monoisotopic (exact) mass is 439 g/mol. The van der Waals surface area contributed by atoms with Gasteiger partial charge < -0.3 is 10.1 Å². The Labute approximate surface area is 185 Å². The number of aromatic nitrogens is 3. The summed E-state index contributed by atoms with van der Waals surface area (Å²) in [7, 11) is 0. The summed E-state index contributed by atoms with van der Waals surface area (Å²) in [5.74, 6) is -1.17. The number of hydrogen-bond acceptors (Lipinski definition) is 5. The third-order valence-corrected chi connectivity index (χ3v) is 4.42. The van der Waals surface area contributed by atoms with Crippen LogP contribution in [-0.2, 0) is 4.74 Å². The molecule has 0 fully saturated rings. The highest BCUT2D eigenvalue weighted by atomic mass is 19.1. The second-order valence-electron chi connectivity index (χ2n) is 8.49. The number of rotatable bonds is 4. The van der Waals surface area contributed by atoms with Gasteiger partial charge in [-0.3, -0.25) is 10.1 Å². The summed E-state index contributed by atoms with van der Waals surface area (Å²) >= 11 is 0. The fourth-order valence-electron chi connectivity index (χ4n) is 3.03. The molecule has 0 atom stereocenters. The van der Waals surface area contributed by atoms with Crippen molar-refractivity contribution in [1.29, 1.82) is 0 Å². The van der Waals surface area contributed by atoms with Crippen molar-refractivity contribution in [1.82, 2.24) is 15.0 Å². The normalized spacial score (nSPS) is 11.2. The van der Waals surface area contributed by atoms with Crippen molar-refractivity contribution in [2.45, 2.75) is 47.1 Å². The van der Waals surface area contributed by atoms with E-state index >= 15 is 0 Å². The summed E-state index contributed by atoms with van der Waals surface area (Å²) in [6, 6.07) is 9.67. The average Bonchev–Trinajstić information content (AvgIpc) is 3.04. The molecule has 3 aromatic rings. The molecule has 0 spiro atoms. The van der Waals surface area contributed by atoms with Crippen LogP contribution >= 0.6 is 0 Å². The van der Waals surface area contributed by atoms with Gasteiger partial charge in [0.2, 0.25) is 0 Å². The van der Waals surface area contributed by atoms with Gasteiger partial charge in [-0.25, -0.2) is 9.18 Å². The van der Waals surface area contributed by atoms with E-state index in [-0.39, 0.29) is 17.1 Å². The molecule has 8 nitrogen and oxygen atoms in total. The molecule has 0 saturated heterocycles. The molecule has 2 N–H and O–H groups in total. The maximum absolute atomic E-state index is 14.1. The zero-order valence-corrected chi connectivity index (χ0v) is 18.9. The number of amides is 2. The summed E-state index contributed by atoms with van der Waals surface area (Å²) in [4.78, 5) is 26.2. The molecule has 0 aliphatic rings. The molecule has 32 heavy (non-hydrogen) atoms. The predicted molar refractivity (Wildman–Crippen MR) is 120 cm³/mol. The Hall–Kier alpha value is -3.75. The van der Waals surface area contributed by atoms with E-state index in [0.717, 1.165) is 22.9 Å². The van der Waals surface area contributed by atoms with E-state index in [4.69, 9.17) is 4.74 Å². The lowest BCUT2D eigenvalue weighted by atomic mass is 10.1. The Morgan fingerprint density at radius 3 is 2.38 bits per heavy atom. The van der Waals surface area contributed by atoms with E-state index < -0.39 is 23.4 Å². The summed E-state index contributed by atoms with van der Waals surface area (Å²) in [5, 5.41) is 13.7. The molecule has 168 valence electrons. The maximum atomic E-state index is 14.1. The van der Waals surface area contributed by atoms with Gasteiger partial charge in [-0.15, -0.1) is 5.10 Å². The highest BCUT2D eigenvalue weighted by Crippen LogP contribution is 2.22. The molecular weight excluding hydrogens is 413 g/mol. The topological polar surface area (TPSA) is 98.1 Å². The lowest BCUT2D eigenvalue weighted by Gasteiger charge is -2.20. The van der Waals surface area contributed by atoms with Crippen LogP contribution in [-0.4, -0.2) is 32.6 Å². The van der Waals surface area contributed by atoms with Crippen LogP contribution < -0.4 is 10.6 Å². The van der Waals surface area contributed by atoms with E-state index in [2.05, 4.69) is 20.8 Å². The van der Waals surface area contributed by atoms with Crippen LogP contribution in [0, 0.1) is 26.6 Å². The van der Waals surface area contributed by atoms with Crippen molar-refractivity contribution in [2.75, 3.05) is 10.6 Å². The van der Waals surface area contributed by atoms with E-state index in [1.165, 1.54) is 16.9 Å². The third-order valence-electron chi connectivity index (χ3n) is 4.42. The Bertz CT molecular complexity index is 1180. The van der Waals surface area contributed by atoms with Crippen molar-refractivity contribution in [2.24, 2.45) is 0 Å². The molecule has 1 aromatic heterocycles. The Kier molecular flexibility index (Phi) is 6.29. The van der Waals surface area contributed by atoms with Gasteiger partial charge >= 0.3 is 6.09 Å². The van der Waals surface area contributed by atoms with E-state index in [9.17, 15) is 14.0 Å². The van der Waals surface area contributed by atoms with Crippen molar-refractivity contribution < 1.29 is 18.7 Å². The molecule has 0 aliphatic heterocycles. The number of carbonyl (C=O) groups excluding carboxylic acids is 2. The Morgan fingerprint density at radius 1 is 1.00 bits per heavy atom. The second-order valence-corrected chi connectivity index (χ2v) is 8.49. The summed E-state index contributed by atoms with van der Waals surface area (Å²) in [6.45, 7) is 10.7. The SMILES string of the molecule is Cc1ccc(-n2nc(C)c(C(=O)Nc3ccc(F)c(NC(=O)OC(C)(C)C)c3)n2)c(C)c1. The van der Waals surface area contributed by atoms with Crippen LogP contribution in [0.25, 0.3) is 5.69 Å². The van der Waals surface area contributed by atoms with Gasteiger partial charge in [0.15, 0.2) is 5.69 Å². The van der Waals surface area contributed by atoms with Gasteiger partial charge in [-0.2, -0.15) is 9.90 Å². The maximum Gasteiger partial charge on any atom is 0.412 e. The van der Waals surface area contributed by atoms with Crippen molar-refractivity contribution in [3.63, 3.8) is 0 Å². The van der Waals surface area contributed by atoms with E-state index in [1.54, 1.807) is 27.7 Å². The number of nitrogens with zero attached hydrogens (tertiary/aromatic N) is 3. The number of aryl methyl sites for hydroxylation is 3. The molecule has 2 amide bonds. The van der Waals surface area contributed by atoms with E-state index in [0.29, 0.717) is 5.69 Å². The molecule has 0 saturated carbocycles. The molecule has 3 rings (SSSR count). The van der Waals surface area contributed by atoms with Crippen molar-refractivity contribution in [3.05, 3.63) is 64.7 Å². The zero-order valence-electron chi connectivity index (χ0n) is 18.9. The number of halogens is 1. The quantitative estimate of drug-likeness (QED) is 0.601. The van der Waals surface area contributed by atoms with Crippen LogP contribution in [0.4, 0.5) is 20.6 Å². The fourth-order valence-corrected chi connectivity index (χ4v) is 3.03.